The number of hydrogen-bond donors (Lipinski definition) is 1. The van der Waals surface area contributed by atoms with E-state index in [9.17, 15) is 8.42 Å². The number of fused-ring (bicyclic) bond motifs is 1. The van der Waals surface area contributed by atoms with Gasteiger partial charge in [-0.1, -0.05) is 6.07 Å². The summed E-state index contributed by atoms with van der Waals surface area (Å²) < 4.78 is 44.0. The Bertz CT molecular complexity index is 1540. The van der Waals surface area contributed by atoms with Crippen LogP contribution in [0.4, 0.5) is 5.69 Å². The second kappa shape index (κ2) is 8.22. The minimum absolute atomic E-state index is 0.0766. The molecule has 2 aromatic carbocycles. The van der Waals surface area contributed by atoms with Gasteiger partial charge >= 0.3 is 0 Å². The number of rotatable bonds is 6. The summed E-state index contributed by atoms with van der Waals surface area (Å²) in [5, 5.41) is 8.29. The molecule has 0 aliphatic rings. The molecule has 0 radical (unpaired) electrons. The minimum Gasteiger partial charge on any atom is -0.438 e. The van der Waals surface area contributed by atoms with Gasteiger partial charge in [0.15, 0.2) is 5.82 Å². The average molecular weight is 480 g/mol. The highest BCUT2D eigenvalue weighted by atomic mass is 32.2. The summed E-state index contributed by atoms with van der Waals surface area (Å²) in [5.74, 6) is 1.43. The number of ether oxygens (including phenoxy) is 1. The molecule has 0 atom stereocenters. The third-order valence-corrected chi connectivity index (χ3v) is 6.95. The molecule has 0 saturated heterocycles. The van der Waals surface area contributed by atoms with Crippen molar-refractivity contribution in [3.63, 3.8) is 0 Å². The molecule has 0 unspecified atom stereocenters. The molecule has 5 aromatic rings. The number of hydrogen-bond acceptors (Lipinski definition) is 9. The van der Waals surface area contributed by atoms with Gasteiger partial charge in [-0.3, -0.25) is 9.29 Å². The highest BCUT2D eigenvalue weighted by Crippen LogP contribution is 2.26. The molecule has 0 saturated carbocycles. The maximum atomic E-state index is 12.8. The molecular formula is C21H17N7O3S2. The first-order valence-corrected chi connectivity index (χ1v) is 12.0. The number of sulfonamides is 1. The van der Waals surface area contributed by atoms with Crippen molar-refractivity contribution < 1.29 is 13.2 Å². The van der Waals surface area contributed by atoms with E-state index in [1.807, 2.05) is 18.4 Å². The molecule has 3 aromatic heterocycles. The Labute approximate surface area is 193 Å². The first-order valence-electron chi connectivity index (χ1n) is 9.77. The lowest BCUT2D eigenvalue weighted by Gasteiger charge is -2.10. The summed E-state index contributed by atoms with van der Waals surface area (Å²) in [7, 11) is -3.83. The van der Waals surface area contributed by atoms with Crippen LogP contribution < -0.4 is 9.46 Å². The van der Waals surface area contributed by atoms with Crippen LogP contribution in [0.1, 0.15) is 11.4 Å². The van der Waals surface area contributed by atoms with E-state index in [0.29, 0.717) is 34.2 Å². The van der Waals surface area contributed by atoms with Crippen LogP contribution in [0.15, 0.2) is 65.8 Å². The molecule has 0 fully saturated rings. The Morgan fingerprint density at radius 3 is 2.48 bits per heavy atom. The van der Waals surface area contributed by atoms with Crippen molar-refractivity contribution >= 4 is 38.5 Å². The predicted molar refractivity (Wildman–Crippen MR) is 123 cm³/mol. The molecule has 1 N–H and O–H groups in total. The first kappa shape index (κ1) is 21.0. The topological polar surface area (TPSA) is 125 Å². The number of benzene rings is 2. The molecule has 10 nitrogen and oxygen atoms in total. The van der Waals surface area contributed by atoms with Gasteiger partial charge in [0.25, 0.3) is 10.0 Å². The van der Waals surface area contributed by atoms with Crippen LogP contribution in [-0.2, 0) is 10.0 Å². The molecule has 12 heteroatoms. The van der Waals surface area contributed by atoms with Crippen molar-refractivity contribution in [1.82, 2.24) is 28.5 Å². The molecule has 5 rings (SSSR count). The molecule has 33 heavy (non-hydrogen) atoms. The number of nitrogens with one attached hydrogen (secondary N) is 1. The van der Waals surface area contributed by atoms with Gasteiger partial charge in [0, 0.05) is 17.4 Å². The summed E-state index contributed by atoms with van der Waals surface area (Å²) in [5.41, 5.74) is 3.18. The van der Waals surface area contributed by atoms with Gasteiger partial charge in [-0.15, -0.1) is 10.2 Å². The summed E-state index contributed by atoms with van der Waals surface area (Å²) >= 11 is 0.969. The fourth-order valence-electron chi connectivity index (χ4n) is 3.15. The Kier molecular flexibility index (Phi) is 5.23. The van der Waals surface area contributed by atoms with E-state index in [1.165, 1.54) is 6.07 Å². The van der Waals surface area contributed by atoms with Gasteiger partial charge in [0.2, 0.25) is 5.88 Å². The minimum atomic E-state index is -3.83. The SMILES string of the molecule is Cc1ncn(-c2ccc(Oc3ccc(NS(=O)(=O)c4cccc5nsnc45)cc3)nn2)c1C. The monoisotopic (exact) mass is 479 g/mol. The average Bonchev–Trinajstić information content (AvgIpc) is 3.42. The second-order valence-electron chi connectivity index (χ2n) is 7.14. The maximum Gasteiger partial charge on any atom is 0.264 e. The zero-order valence-corrected chi connectivity index (χ0v) is 19.1. The van der Waals surface area contributed by atoms with E-state index in [1.54, 1.807) is 54.9 Å². The number of nitrogens with zero attached hydrogens (tertiary/aromatic N) is 6. The lowest BCUT2D eigenvalue weighted by atomic mass is 10.3. The van der Waals surface area contributed by atoms with E-state index < -0.39 is 10.0 Å². The lowest BCUT2D eigenvalue weighted by Crippen LogP contribution is -2.13. The standard InChI is InChI=1S/C21H17N7O3S2/c1-13-14(2)28(12-22-13)19-10-11-20(24-23-19)31-16-8-6-15(7-9-16)27-33(29,30)18-5-3-4-17-21(18)26-32-25-17/h3-12,27H,1-2H3. The van der Waals surface area contributed by atoms with Gasteiger partial charge in [0.1, 0.15) is 28.0 Å². The van der Waals surface area contributed by atoms with E-state index in [0.717, 1.165) is 23.1 Å². The molecule has 0 aliphatic carbocycles. The molecule has 0 amide bonds. The van der Waals surface area contributed by atoms with E-state index in [4.69, 9.17) is 4.74 Å². The number of aryl methyl sites for hydroxylation is 1. The number of anilines is 1. The highest BCUT2D eigenvalue weighted by Gasteiger charge is 2.19. The van der Waals surface area contributed by atoms with Gasteiger partial charge in [-0.2, -0.15) is 8.75 Å². The normalized spacial score (nSPS) is 11.6. The molecule has 0 spiro atoms. The summed E-state index contributed by atoms with van der Waals surface area (Å²) in [6.45, 7) is 3.88. The van der Waals surface area contributed by atoms with Crippen LogP contribution in [0.3, 0.4) is 0 Å². The predicted octanol–water partition coefficient (Wildman–Crippen LogP) is 3.88. The fraction of sp³-hybridized carbons (Fsp3) is 0.0952. The van der Waals surface area contributed by atoms with Crippen molar-refractivity contribution in [2.75, 3.05) is 4.72 Å². The van der Waals surface area contributed by atoms with E-state index >= 15 is 0 Å². The quantitative estimate of drug-likeness (QED) is 0.389. The third-order valence-electron chi connectivity index (χ3n) is 4.99. The lowest BCUT2D eigenvalue weighted by molar-refractivity contribution is 0.454. The van der Waals surface area contributed by atoms with Crippen LogP contribution in [0.2, 0.25) is 0 Å². The third kappa shape index (κ3) is 4.13. The summed E-state index contributed by atoms with van der Waals surface area (Å²) in [4.78, 5) is 4.33. The van der Waals surface area contributed by atoms with Crippen LogP contribution in [0.25, 0.3) is 16.9 Å². The van der Waals surface area contributed by atoms with Gasteiger partial charge in [0.05, 0.1) is 17.4 Å². The molecule has 3 heterocycles. The maximum absolute atomic E-state index is 12.8. The highest BCUT2D eigenvalue weighted by molar-refractivity contribution is 7.93. The largest absolute Gasteiger partial charge is 0.438 e. The Morgan fingerprint density at radius 1 is 0.970 bits per heavy atom. The molecular weight excluding hydrogens is 462 g/mol. The van der Waals surface area contributed by atoms with Crippen molar-refractivity contribution in [2.45, 2.75) is 18.7 Å². The van der Waals surface area contributed by atoms with Crippen molar-refractivity contribution in [3.8, 4) is 17.4 Å². The zero-order valence-electron chi connectivity index (χ0n) is 17.5. The fourth-order valence-corrected chi connectivity index (χ4v) is 4.97. The molecule has 0 bridgehead atoms. The van der Waals surface area contributed by atoms with Crippen molar-refractivity contribution in [3.05, 3.63) is 72.3 Å². The van der Waals surface area contributed by atoms with Gasteiger partial charge in [-0.25, -0.2) is 13.4 Å². The Hall–Kier alpha value is -3.90. The molecule has 0 aliphatic heterocycles. The summed E-state index contributed by atoms with van der Waals surface area (Å²) in [6.07, 6.45) is 1.69. The smallest absolute Gasteiger partial charge is 0.264 e. The van der Waals surface area contributed by atoms with Crippen LogP contribution in [0, 0.1) is 13.8 Å². The van der Waals surface area contributed by atoms with E-state index in [2.05, 4.69) is 28.7 Å². The van der Waals surface area contributed by atoms with E-state index in [-0.39, 0.29) is 4.90 Å². The van der Waals surface area contributed by atoms with Crippen molar-refractivity contribution in [1.29, 1.82) is 0 Å². The van der Waals surface area contributed by atoms with Gasteiger partial charge < -0.3 is 4.74 Å². The second-order valence-corrected chi connectivity index (χ2v) is 9.31. The summed E-state index contributed by atoms with van der Waals surface area (Å²) in [6, 6.07) is 14.8. The first-order chi connectivity index (χ1) is 15.9. The Balaban J connectivity index is 1.30. The van der Waals surface area contributed by atoms with Crippen molar-refractivity contribution in [2.24, 2.45) is 0 Å². The van der Waals surface area contributed by atoms with Gasteiger partial charge in [-0.05, 0) is 56.3 Å². The molecule has 166 valence electrons. The van der Waals surface area contributed by atoms with Crippen LogP contribution >= 0.6 is 11.7 Å². The van der Waals surface area contributed by atoms with Crippen LogP contribution in [-0.4, -0.2) is 36.9 Å². The number of imidazole rings is 1. The van der Waals surface area contributed by atoms with Crippen LogP contribution in [0.5, 0.6) is 11.6 Å². The zero-order chi connectivity index (χ0) is 23.0. The Morgan fingerprint density at radius 2 is 1.79 bits per heavy atom. The number of aromatic nitrogens is 6.